The van der Waals surface area contributed by atoms with Gasteiger partial charge in [0.1, 0.15) is 28.3 Å². The third kappa shape index (κ3) is 4.05. The van der Waals surface area contributed by atoms with E-state index < -0.39 is 0 Å². The van der Waals surface area contributed by atoms with E-state index in [1.54, 1.807) is 0 Å². The van der Waals surface area contributed by atoms with Gasteiger partial charge in [0.2, 0.25) is 0 Å². The van der Waals surface area contributed by atoms with Crippen LogP contribution in [-0.2, 0) is 0 Å². The summed E-state index contributed by atoms with van der Waals surface area (Å²) in [6, 6.07) is 57.5. The average molecular weight is 692 g/mol. The number of pyridine rings is 1. The summed E-state index contributed by atoms with van der Waals surface area (Å²) < 4.78 is 11.4. The van der Waals surface area contributed by atoms with Crippen LogP contribution in [0.15, 0.2) is 174 Å². The number of rotatable bonds is 4. The third-order valence-electron chi connectivity index (χ3n) is 10.9. The lowest BCUT2D eigenvalue weighted by Crippen LogP contribution is -1.98. The maximum absolute atomic E-state index is 6.81. The average Bonchev–Trinajstić information content (AvgIpc) is 4.00. The van der Waals surface area contributed by atoms with Crippen molar-refractivity contribution in [3.05, 3.63) is 170 Å². The summed E-state index contributed by atoms with van der Waals surface area (Å²) in [5.41, 5.74) is 11.9. The summed E-state index contributed by atoms with van der Waals surface area (Å²) in [6.45, 7) is 0. The number of H-pyrrole nitrogens is 1. The third-order valence-corrected chi connectivity index (χ3v) is 10.9. The Morgan fingerprint density at radius 2 is 1.28 bits per heavy atom. The lowest BCUT2D eigenvalue weighted by Gasteiger charge is -2.11. The Balaban J connectivity index is 1.24. The predicted octanol–water partition coefficient (Wildman–Crippen LogP) is 12.4. The van der Waals surface area contributed by atoms with Crippen molar-refractivity contribution in [2.45, 2.75) is 0 Å². The monoisotopic (exact) mass is 691 g/mol. The van der Waals surface area contributed by atoms with Gasteiger partial charge in [-0.2, -0.15) is 0 Å². The minimum atomic E-state index is 0.810. The zero-order chi connectivity index (χ0) is 35.3. The molecule has 0 saturated heterocycles. The molecular formula is C48H29N5O. The van der Waals surface area contributed by atoms with Crippen molar-refractivity contribution in [1.29, 1.82) is 0 Å². The first-order valence-corrected chi connectivity index (χ1v) is 18.2. The Labute approximate surface area is 308 Å². The van der Waals surface area contributed by atoms with Crippen molar-refractivity contribution in [1.82, 2.24) is 24.1 Å². The molecule has 0 fully saturated rings. The normalized spacial score (nSPS) is 12.1. The van der Waals surface area contributed by atoms with Gasteiger partial charge in [0.15, 0.2) is 5.58 Å². The van der Waals surface area contributed by atoms with Crippen molar-refractivity contribution in [3.63, 3.8) is 0 Å². The highest BCUT2D eigenvalue weighted by Gasteiger charge is 2.26. The van der Waals surface area contributed by atoms with E-state index >= 15 is 0 Å². The SMILES string of the molecule is c1ccc(-n2c(-c3cccc4c3[nH]c3ccccc34)nc3c(-c4ccc5c6ccccc6n(-c6ccccn6)c5c4)cc4c5ccccc5oc4c32)cc1. The number of imidazole rings is 1. The second kappa shape index (κ2) is 11.0. The Bertz CT molecular complexity index is 3440. The van der Waals surface area contributed by atoms with Crippen molar-refractivity contribution in [2.24, 2.45) is 0 Å². The zero-order valence-corrected chi connectivity index (χ0v) is 28.9. The molecular weight excluding hydrogens is 663 g/mol. The number of benzene rings is 7. The number of aromatic nitrogens is 5. The van der Waals surface area contributed by atoms with E-state index in [1.807, 2.05) is 30.5 Å². The number of hydrogen-bond donors (Lipinski definition) is 1. The molecule has 0 radical (unpaired) electrons. The van der Waals surface area contributed by atoms with Crippen LogP contribution in [-0.4, -0.2) is 24.1 Å². The first-order chi connectivity index (χ1) is 26.8. The fourth-order valence-corrected chi connectivity index (χ4v) is 8.57. The maximum atomic E-state index is 6.81. The summed E-state index contributed by atoms with van der Waals surface area (Å²) in [7, 11) is 0. The number of para-hydroxylation sites is 5. The highest BCUT2D eigenvalue weighted by atomic mass is 16.3. The van der Waals surface area contributed by atoms with Crippen LogP contribution in [0, 0.1) is 0 Å². The van der Waals surface area contributed by atoms with E-state index in [4.69, 9.17) is 14.4 Å². The highest BCUT2D eigenvalue weighted by Crippen LogP contribution is 2.45. The topological polar surface area (TPSA) is 64.6 Å². The minimum Gasteiger partial charge on any atom is -0.454 e. The first-order valence-electron chi connectivity index (χ1n) is 18.2. The first kappa shape index (κ1) is 29.2. The van der Waals surface area contributed by atoms with Crippen molar-refractivity contribution < 1.29 is 4.42 Å². The lowest BCUT2D eigenvalue weighted by molar-refractivity contribution is 0.671. The number of furan rings is 1. The number of fused-ring (bicyclic) bond motifs is 11. The van der Waals surface area contributed by atoms with E-state index in [0.717, 1.165) is 94.4 Å². The van der Waals surface area contributed by atoms with Gasteiger partial charge in [0.25, 0.3) is 0 Å². The van der Waals surface area contributed by atoms with Gasteiger partial charge < -0.3 is 9.40 Å². The second-order valence-corrected chi connectivity index (χ2v) is 13.9. The molecule has 0 aliphatic heterocycles. The van der Waals surface area contributed by atoms with Crippen LogP contribution in [0.4, 0.5) is 0 Å². The molecule has 0 saturated carbocycles. The molecule has 0 bridgehead atoms. The fourth-order valence-electron chi connectivity index (χ4n) is 8.57. The Morgan fingerprint density at radius 1 is 0.519 bits per heavy atom. The number of aromatic amines is 1. The number of nitrogens with one attached hydrogen (secondary N) is 1. The van der Waals surface area contributed by atoms with E-state index in [1.165, 1.54) is 16.2 Å². The smallest absolute Gasteiger partial charge is 0.161 e. The molecule has 6 heteroatoms. The molecule has 7 aromatic carbocycles. The van der Waals surface area contributed by atoms with Crippen LogP contribution in [0.1, 0.15) is 0 Å². The van der Waals surface area contributed by atoms with E-state index in [-0.39, 0.29) is 0 Å². The van der Waals surface area contributed by atoms with Crippen LogP contribution in [0.5, 0.6) is 0 Å². The van der Waals surface area contributed by atoms with Crippen LogP contribution in [0.2, 0.25) is 0 Å². The molecule has 5 aromatic heterocycles. The quantitative estimate of drug-likeness (QED) is 0.200. The van der Waals surface area contributed by atoms with E-state index in [9.17, 15) is 0 Å². The largest absolute Gasteiger partial charge is 0.454 e. The molecule has 1 N–H and O–H groups in total. The van der Waals surface area contributed by atoms with Crippen LogP contribution in [0.3, 0.4) is 0 Å². The molecule has 0 aliphatic rings. The standard InChI is InChI=1S/C48H29N5O/c1-2-13-30(14-3-1)52-46-45(51-48(52)36-19-12-18-35-31-15-4-7-20-39(31)50-44(35)36)37(28-38-34-17-6-9-22-42(34)54-47(38)46)29-24-25-33-32-16-5-8-21-40(32)53(41(33)27-29)43-23-10-11-26-49-43/h1-28,50H. The van der Waals surface area contributed by atoms with Crippen molar-refractivity contribution in [3.8, 4) is 34.0 Å². The van der Waals surface area contributed by atoms with Gasteiger partial charge in [-0.1, -0.05) is 103 Å². The minimum absolute atomic E-state index is 0.810. The molecule has 12 rings (SSSR count). The molecule has 0 unspecified atom stereocenters. The molecule has 0 spiro atoms. The maximum Gasteiger partial charge on any atom is 0.161 e. The van der Waals surface area contributed by atoms with Gasteiger partial charge in [-0.05, 0) is 66.2 Å². The van der Waals surface area contributed by atoms with Gasteiger partial charge in [-0.25, -0.2) is 9.97 Å². The van der Waals surface area contributed by atoms with Gasteiger partial charge in [-0.3, -0.25) is 9.13 Å². The van der Waals surface area contributed by atoms with E-state index in [0.29, 0.717) is 0 Å². The summed E-state index contributed by atoms with van der Waals surface area (Å²) in [4.78, 5) is 14.2. The summed E-state index contributed by atoms with van der Waals surface area (Å²) >= 11 is 0. The van der Waals surface area contributed by atoms with Crippen molar-refractivity contribution in [2.75, 3.05) is 0 Å². The molecule has 0 atom stereocenters. The molecule has 0 aliphatic carbocycles. The lowest BCUT2D eigenvalue weighted by atomic mass is 9.99. The molecule has 54 heavy (non-hydrogen) atoms. The van der Waals surface area contributed by atoms with Gasteiger partial charge >= 0.3 is 0 Å². The zero-order valence-electron chi connectivity index (χ0n) is 28.9. The summed E-state index contributed by atoms with van der Waals surface area (Å²) in [5.74, 6) is 1.72. The van der Waals surface area contributed by atoms with Gasteiger partial charge in [-0.15, -0.1) is 0 Å². The van der Waals surface area contributed by atoms with Gasteiger partial charge in [0.05, 0.1) is 16.6 Å². The molecule has 5 heterocycles. The summed E-state index contributed by atoms with van der Waals surface area (Å²) in [5, 5.41) is 6.83. The van der Waals surface area contributed by atoms with Crippen molar-refractivity contribution >= 4 is 76.6 Å². The van der Waals surface area contributed by atoms with Gasteiger partial charge in [0, 0.05) is 60.8 Å². The fraction of sp³-hybridized carbons (Fsp3) is 0. The molecule has 12 aromatic rings. The van der Waals surface area contributed by atoms with Crippen LogP contribution < -0.4 is 0 Å². The Morgan fingerprint density at radius 3 is 2.17 bits per heavy atom. The van der Waals surface area contributed by atoms with Crippen LogP contribution in [0.25, 0.3) is 111 Å². The molecule has 0 amide bonds. The molecule has 252 valence electrons. The van der Waals surface area contributed by atoms with E-state index in [2.05, 4.69) is 154 Å². The second-order valence-electron chi connectivity index (χ2n) is 13.9. The highest BCUT2D eigenvalue weighted by molar-refractivity contribution is 6.20. The van der Waals surface area contributed by atoms with Crippen LogP contribution >= 0.6 is 0 Å². The predicted molar refractivity (Wildman–Crippen MR) is 221 cm³/mol. The summed E-state index contributed by atoms with van der Waals surface area (Å²) in [6.07, 6.45) is 1.85. The molecule has 6 nitrogen and oxygen atoms in total. The number of hydrogen-bond acceptors (Lipinski definition) is 3. The number of nitrogens with zero attached hydrogens (tertiary/aromatic N) is 4. The Kier molecular flexibility index (Phi) is 5.96. The Hall–Kier alpha value is -7.44.